The van der Waals surface area contributed by atoms with E-state index < -0.39 is 10.0 Å². The summed E-state index contributed by atoms with van der Waals surface area (Å²) >= 11 is 6.12. The Labute approximate surface area is 187 Å². The van der Waals surface area contributed by atoms with Crippen molar-refractivity contribution in [3.63, 3.8) is 0 Å². The average Bonchev–Trinajstić information content (AvgIpc) is 3.23. The predicted octanol–water partition coefficient (Wildman–Crippen LogP) is 4.79. The second-order valence-electron chi connectivity index (χ2n) is 7.26. The largest absolute Gasteiger partial charge is 0.490 e. The molecule has 0 spiro atoms. The lowest BCUT2D eigenvalue weighted by molar-refractivity contribution is 0.216. The zero-order chi connectivity index (χ0) is 21.8. The van der Waals surface area contributed by atoms with Gasteiger partial charge in [0.05, 0.1) is 11.1 Å². The summed E-state index contributed by atoms with van der Waals surface area (Å²) in [5.74, 6) is 1.27. The Morgan fingerprint density at radius 1 is 1.03 bits per heavy atom. The number of hydrogen-bond acceptors (Lipinski definition) is 5. The minimum Gasteiger partial charge on any atom is -0.490 e. The lowest BCUT2D eigenvalue weighted by atomic mass is 10.2. The number of nitrogens with one attached hydrogen (secondary N) is 1. The fraction of sp³-hybridized carbons (Fsp3) is 0.261. The SMILES string of the molecule is Cc1c(Cl)cccc1S(=O)(=O)Nc1cnc2c(c1OCCOc1ccccc1)CCC2. The number of para-hydroxylation sites is 1. The number of nitrogens with zero attached hydrogens (tertiary/aromatic N) is 1. The van der Waals surface area contributed by atoms with Crippen LogP contribution in [0.1, 0.15) is 23.2 Å². The van der Waals surface area contributed by atoms with Crippen molar-refractivity contribution in [2.24, 2.45) is 0 Å². The molecular formula is C23H23ClN2O4S. The first-order valence-electron chi connectivity index (χ1n) is 10.0. The van der Waals surface area contributed by atoms with Crippen LogP contribution in [0.3, 0.4) is 0 Å². The van der Waals surface area contributed by atoms with E-state index in [1.807, 2.05) is 30.3 Å². The standard InChI is InChI=1S/C23H23ClN2O4S/c1-16-19(24)10-6-12-22(16)31(27,28)26-21-15-25-20-11-5-9-18(20)23(21)30-14-13-29-17-7-3-2-4-8-17/h2-4,6-8,10,12,15,26H,5,9,11,13-14H2,1H3. The van der Waals surface area contributed by atoms with E-state index in [9.17, 15) is 8.42 Å². The molecule has 31 heavy (non-hydrogen) atoms. The maximum absolute atomic E-state index is 13.1. The van der Waals surface area contributed by atoms with E-state index in [4.69, 9.17) is 21.1 Å². The molecule has 0 saturated heterocycles. The normalized spacial score (nSPS) is 13.0. The molecule has 162 valence electrons. The van der Waals surface area contributed by atoms with Crippen LogP contribution in [0, 0.1) is 6.92 Å². The first-order chi connectivity index (χ1) is 15.0. The molecule has 0 atom stereocenters. The number of fused-ring (bicyclic) bond motifs is 1. The Morgan fingerprint density at radius 2 is 1.81 bits per heavy atom. The van der Waals surface area contributed by atoms with Crippen molar-refractivity contribution in [3.8, 4) is 11.5 Å². The van der Waals surface area contributed by atoms with Crippen LogP contribution in [0.25, 0.3) is 0 Å². The molecule has 1 aliphatic carbocycles. The summed E-state index contributed by atoms with van der Waals surface area (Å²) < 4.78 is 40.5. The number of benzene rings is 2. The highest BCUT2D eigenvalue weighted by molar-refractivity contribution is 7.92. The quantitative estimate of drug-likeness (QED) is 0.491. The number of aromatic nitrogens is 1. The summed E-state index contributed by atoms with van der Waals surface area (Å²) in [5, 5.41) is 0.393. The monoisotopic (exact) mass is 458 g/mol. The number of sulfonamides is 1. The number of ether oxygens (including phenoxy) is 2. The fourth-order valence-electron chi connectivity index (χ4n) is 3.61. The lowest BCUT2D eigenvalue weighted by Gasteiger charge is -2.17. The van der Waals surface area contributed by atoms with Gasteiger partial charge in [-0.25, -0.2) is 8.42 Å². The van der Waals surface area contributed by atoms with Crippen LogP contribution >= 0.6 is 11.6 Å². The van der Waals surface area contributed by atoms with Crippen LogP contribution in [-0.2, 0) is 22.9 Å². The average molecular weight is 459 g/mol. The van der Waals surface area contributed by atoms with Crippen molar-refractivity contribution in [2.75, 3.05) is 17.9 Å². The topological polar surface area (TPSA) is 77.5 Å². The van der Waals surface area contributed by atoms with E-state index in [2.05, 4.69) is 9.71 Å². The Hall–Kier alpha value is -2.77. The number of aryl methyl sites for hydroxylation is 1. The minimum absolute atomic E-state index is 0.124. The third-order valence-electron chi connectivity index (χ3n) is 5.15. The number of rotatable bonds is 8. The molecule has 1 N–H and O–H groups in total. The molecule has 0 fully saturated rings. The number of anilines is 1. The highest BCUT2D eigenvalue weighted by atomic mass is 35.5. The molecule has 1 aromatic heterocycles. The van der Waals surface area contributed by atoms with Crippen LogP contribution in [-0.4, -0.2) is 26.6 Å². The van der Waals surface area contributed by atoms with Gasteiger partial charge in [0.25, 0.3) is 10.0 Å². The maximum Gasteiger partial charge on any atom is 0.262 e. The Balaban J connectivity index is 1.56. The molecule has 0 aliphatic heterocycles. The molecule has 0 unspecified atom stereocenters. The van der Waals surface area contributed by atoms with Gasteiger partial charge in [0.15, 0.2) is 0 Å². The van der Waals surface area contributed by atoms with Gasteiger partial charge in [-0.2, -0.15) is 0 Å². The molecule has 0 saturated carbocycles. The van der Waals surface area contributed by atoms with Crippen LogP contribution in [0.5, 0.6) is 11.5 Å². The van der Waals surface area contributed by atoms with Crippen LogP contribution in [0.2, 0.25) is 5.02 Å². The lowest BCUT2D eigenvalue weighted by Crippen LogP contribution is -2.17. The molecule has 2 aromatic carbocycles. The molecule has 8 heteroatoms. The third-order valence-corrected chi connectivity index (χ3v) is 7.07. The van der Waals surface area contributed by atoms with Gasteiger partial charge in [-0.1, -0.05) is 35.9 Å². The second-order valence-corrected chi connectivity index (χ2v) is 9.32. The Kier molecular flexibility index (Phi) is 6.34. The first-order valence-corrected chi connectivity index (χ1v) is 11.9. The van der Waals surface area contributed by atoms with E-state index in [-0.39, 0.29) is 11.5 Å². The molecule has 4 rings (SSSR count). The van der Waals surface area contributed by atoms with Gasteiger partial charge < -0.3 is 9.47 Å². The van der Waals surface area contributed by atoms with Gasteiger partial charge in [0.2, 0.25) is 0 Å². The maximum atomic E-state index is 13.1. The van der Waals surface area contributed by atoms with Crippen LogP contribution in [0.4, 0.5) is 5.69 Å². The predicted molar refractivity (Wildman–Crippen MR) is 121 cm³/mol. The summed E-state index contributed by atoms with van der Waals surface area (Å²) in [6.07, 6.45) is 4.13. The van der Waals surface area contributed by atoms with Crippen LogP contribution in [0.15, 0.2) is 59.6 Å². The molecular weight excluding hydrogens is 436 g/mol. The van der Waals surface area contributed by atoms with Crippen molar-refractivity contribution in [1.29, 1.82) is 0 Å². The minimum atomic E-state index is -3.87. The molecule has 0 radical (unpaired) electrons. The van der Waals surface area contributed by atoms with E-state index >= 15 is 0 Å². The van der Waals surface area contributed by atoms with Gasteiger partial charge in [-0.15, -0.1) is 0 Å². The first kappa shape index (κ1) is 21.5. The van der Waals surface area contributed by atoms with E-state index in [1.165, 1.54) is 12.3 Å². The van der Waals surface area contributed by atoms with Crippen molar-refractivity contribution in [3.05, 3.63) is 76.6 Å². The molecule has 3 aromatic rings. The molecule has 1 aliphatic rings. The summed E-state index contributed by atoms with van der Waals surface area (Å²) in [6, 6.07) is 14.3. The van der Waals surface area contributed by atoms with Gasteiger partial charge in [0, 0.05) is 16.3 Å². The molecule has 0 bridgehead atoms. The fourth-order valence-corrected chi connectivity index (χ4v) is 5.16. The summed E-state index contributed by atoms with van der Waals surface area (Å²) in [7, 11) is -3.87. The molecule has 0 amide bonds. The number of hydrogen-bond donors (Lipinski definition) is 1. The third kappa shape index (κ3) is 4.78. The van der Waals surface area contributed by atoms with E-state index in [1.54, 1.807) is 19.1 Å². The van der Waals surface area contributed by atoms with E-state index in [0.717, 1.165) is 36.3 Å². The number of halogens is 1. The zero-order valence-electron chi connectivity index (χ0n) is 17.1. The van der Waals surface area contributed by atoms with E-state index in [0.29, 0.717) is 28.6 Å². The Morgan fingerprint density at radius 3 is 2.61 bits per heavy atom. The van der Waals surface area contributed by atoms with Crippen molar-refractivity contribution >= 4 is 27.3 Å². The highest BCUT2D eigenvalue weighted by Crippen LogP contribution is 2.37. The van der Waals surface area contributed by atoms with Crippen molar-refractivity contribution in [2.45, 2.75) is 31.1 Å². The molecule has 6 nitrogen and oxygen atoms in total. The highest BCUT2D eigenvalue weighted by Gasteiger charge is 2.25. The van der Waals surface area contributed by atoms with Crippen LogP contribution < -0.4 is 14.2 Å². The smallest absolute Gasteiger partial charge is 0.262 e. The van der Waals surface area contributed by atoms with Gasteiger partial charge in [-0.3, -0.25) is 9.71 Å². The molecule has 1 heterocycles. The summed E-state index contributed by atoms with van der Waals surface area (Å²) in [6.45, 7) is 2.28. The van der Waals surface area contributed by atoms with Gasteiger partial charge in [-0.05, 0) is 56.0 Å². The van der Waals surface area contributed by atoms with Gasteiger partial charge >= 0.3 is 0 Å². The van der Waals surface area contributed by atoms with Gasteiger partial charge in [0.1, 0.15) is 30.4 Å². The Bertz CT molecular complexity index is 1180. The van der Waals surface area contributed by atoms with Crippen molar-refractivity contribution in [1.82, 2.24) is 4.98 Å². The van der Waals surface area contributed by atoms with Crippen molar-refractivity contribution < 1.29 is 17.9 Å². The number of pyridine rings is 1. The summed E-state index contributed by atoms with van der Waals surface area (Å²) in [5.41, 5.74) is 2.70. The summed E-state index contributed by atoms with van der Waals surface area (Å²) in [4.78, 5) is 4.57. The zero-order valence-corrected chi connectivity index (χ0v) is 18.7. The second kappa shape index (κ2) is 9.16.